The standard InChI is InChI=1S/C37H49N5O5/c1-24(2)42-21-31(19-39-42)30-15-16-38-35(18-30)41(20-26-5-7-27(8-6-26)29-11-14-34(45-4)25(3)17-29)36(43)28-9-12-33(13-10-28)47-37(44)40-32-22-46-23-32/h11,14-19,21,24,26-28,32-33H,5-10,12-13,20,22-23H2,1-4H3,(H,40,44). The van der Waals surface area contributed by atoms with Crippen LogP contribution in [0.4, 0.5) is 10.6 Å². The second-order valence-electron chi connectivity index (χ2n) is 13.9. The number of carbonyl (C=O) groups is 2. The number of carbonyl (C=O) groups excluding carboxylic acids is 2. The number of ether oxygens (including phenoxy) is 3. The second kappa shape index (κ2) is 14.9. The third-order valence-corrected chi connectivity index (χ3v) is 10.2. The molecule has 6 rings (SSSR count). The zero-order valence-electron chi connectivity index (χ0n) is 28.2. The van der Waals surface area contributed by atoms with Gasteiger partial charge in [0.1, 0.15) is 17.7 Å². The maximum atomic E-state index is 14.3. The average Bonchev–Trinajstić information content (AvgIpc) is 3.57. The Labute approximate surface area is 278 Å². The highest BCUT2D eigenvalue weighted by Gasteiger charge is 2.34. The molecule has 1 N–H and O–H groups in total. The molecule has 1 aromatic carbocycles. The van der Waals surface area contributed by atoms with Gasteiger partial charge in [-0.15, -0.1) is 0 Å². The van der Waals surface area contributed by atoms with Crippen molar-refractivity contribution >= 4 is 17.8 Å². The van der Waals surface area contributed by atoms with Crippen LogP contribution in [0.15, 0.2) is 48.9 Å². The van der Waals surface area contributed by atoms with Gasteiger partial charge in [-0.2, -0.15) is 5.10 Å². The SMILES string of the molecule is COc1ccc(C2CCC(CN(C(=O)C3CCC(OC(=O)NC4COC4)CC3)c3cc(-c4cnn(C(C)C)c4)ccn3)CC2)cc1C. The molecule has 0 spiro atoms. The fourth-order valence-electron chi connectivity index (χ4n) is 7.22. The maximum absolute atomic E-state index is 14.3. The first-order valence-electron chi connectivity index (χ1n) is 17.3. The van der Waals surface area contributed by atoms with E-state index in [1.54, 1.807) is 13.3 Å². The smallest absolute Gasteiger partial charge is 0.407 e. The predicted octanol–water partition coefficient (Wildman–Crippen LogP) is 6.83. The van der Waals surface area contributed by atoms with Crippen LogP contribution in [0.5, 0.6) is 5.75 Å². The fourth-order valence-corrected chi connectivity index (χ4v) is 7.22. The molecule has 3 heterocycles. The number of nitrogens with one attached hydrogen (secondary N) is 1. The number of aromatic nitrogens is 3. The van der Waals surface area contributed by atoms with E-state index >= 15 is 0 Å². The summed E-state index contributed by atoms with van der Waals surface area (Å²) in [7, 11) is 1.72. The van der Waals surface area contributed by atoms with Gasteiger partial charge in [0.25, 0.3) is 0 Å². The average molecular weight is 644 g/mol. The lowest BCUT2D eigenvalue weighted by Gasteiger charge is -2.36. The summed E-state index contributed by atoms with van der Waals surface area (Å²) in [5.41, 5.74) is 4.55. The molecule has 0 bridgehead atoms. The third-order valence-electron chi connectivity index (χ3n) is 10.2. The number of anilines is 1. The van der Waals surface area contributed by atoms with Gasteiger partial charge < -0.3 is 19.5 Å². The highest BCUT2D eigenvalue weighted by Crippen LogP contribution is 2.39. The van der Waals surface area contributed by atoms with E-state index in [0.717, 1.165) is 42.6 Å². The highest BCUT2D eigenvalue weighted by molar-refractivity contribution is 5.94. The van der Waals surface area contributed by atoms with Crippen molar-refractivity contribution < 1.29 is 23.8 Å². The van der Waals surface area contributed by atoms with Crippen molar-refractivity contribution in [3.63, 3.8) is 0 Å². The molecule has 1 aliphatic heterocycles. The Balaban J connectivity index is 1.14. The molecule has 252 valence electrons. The number of aryl methyl sites for hydroxylation is 1. The minimum Gasteiger partial charge on any atom is -0.496 e. The molecule has 2 amide bonds. The van der Waals surface area contributed by atoms with Crippen molar-refractivity contribution in [3.05, 3.63) is 60.0 Å². The molecule has 0 atom stereocenters. The van der Waals surface area contributed by atoms with Crippen LogP contribution in [0.25, 0.3) is 11.1 Å². The monoisotopic (exact) mass is 643 g/mol. The zero-order chi connectivity index (χ0) is 32.9. The Kier molecular flexibility index (Phi) is 10.4. The van der Waals surface area contributed by atoms with E-state index < -0.39 is 6.09 Å². The van der Waals surface area contributed by atoms with E-state index in [4.69, 9.17) is 19.2 Å². The summed E-state index contributed by atoms with van der Waals surface area (Å²) in [5.74, 6) is 2.51. The van der Waals surface area contributed by atoms with E-state index in [0.29, 0.717) is 63.1 Å². The molecule has 3 aliphatic rings. The largest absolute Gasteiger partial charge is 0.496 e. The van der Waals surface area contributed by atoms with Gasteiger partial charge in [-0.05, 0) is 119 Å². The molecule has 1 saturated heterocycles. The van der Waals surface area contributed by atoms with Crippen molar-refractivity contribution in [2.24, 2.45) is 11.8 Å². The molecule has 2 aliphatic carbocycles. The quantitative estimate of drug-likeness (QED) is 0.258. The van der Waals surface area contributed by atoms with E-state index in [-0.39, 0.29) is 30.0 Å². The maximum Gasteiger partial charge on any atom is 0.407 e. The van der Waals surface area contributed by atoms with Crippen LogP contribution in [0, 0.1) is 18.8 Å². The first-order valence-corrected chi connectivity index (χ1v) is 17.3. The Bertz CT molecular complexity index is 1520. The summed E-state index contributed by atoms with van der Waals surface area (Å²) >= 11 is 0. The summed E-state index contributed by atoms with van der Waals surface area (Å²) in [4.78, 5) is 33.4. The summed E-state index contributed by atoms with van der Waals surface area (Å²) in [6.45, 7) is 8.03. The van der Waals surface area contributed by atoms with E-state index in [1.165, 1.54) is 11.1 Å². The predicted molar refractivity (Wildman–Crippen MR) is 181 cm³/mol. The van der Waals surface area contributed by atoms with Crippen LogP contribution in [0.1, 0.15) is 88.3 Å². The molecule has 2 aromatic heterocycles. The molecule has 47 heavy (non-hydrogen) atoms. The van der Waals surface area contributed by atoms with Crippen LogP contribution in [-0.2, 0) is 14.3 Å². The number of pyridine rings is 1. The lowest BCUT2D eigenvalue weighted by Crippen LogP contribution is -2.49. The molecule has 0 radical (unpaired) electrons. The number of rotatable bonds is 10. The number of benzene rings is 1. The van der Waals surface area contributed by atoms with Gasteiger partial charge in [-0.1, -0.05) is 12.1 Å². The number of hydrogen-bond acceptors (Lipinski definition) is 7. The van der Waals surface area contributed by atoms with Crippen LogP contribution >= 0.6 is 0 Å². The van der Waals surface area contributed by atoms with E-state index in [9.17, 15) is 9.59 Å². The molecule has 3 aromatic rings. The Morgan fingerprint density at radius 3 is 2.43 bits per heavy atom. The number of alkyl carbamates (subject to hydrolysis) is 1. The van der Waals surface area contributed by atoms with Gasteiger partial charge in [0.15, 0.2) is 0 Å². The Morgan fingerprint density at radius 2 is 1.79 bits per heavy atom. The van der Waals surface area contributed by atoms with Gasteiger partial charge in [0.2, 0.25) is 5.91 Å². The minimum atomic E-state index is -0.392. The highest BCUT2D eigenvalue weighted by atomic mass is 16.6. The minimum absolute atomic E-state index is 0.0346. The number of hydrogen-bond donors (Lipinski definition) is 1. The van der Waals surface area contributed by atoms with Crippen LogP contribution in [0.2, 0.25) is 0 Å². The molecule has 10 heteroatoms. The van der Waals surface area contributed by atoms with Crippen LogP contribution in [-0.4, -0.2) is 65.8 Å². The second-order valence-corrected chi connectivity index (χ2v) is 13.9. The van der Waals surface area contributed by atoms with Gasteiger partial charge >= 0.3 is 6.09 Å². The first kappa shape index (κ1) is 33.0. The van der Waals surface area contributed by atoms with Crippen molar-refractivity contribution in [2.75, 3.05) is 31.8 Å². The fraction of sp³-hybridized carbons (Fsp3) is 0.568. The van der Waals surface area contributed by atoms with E-state index in [2.05, 4.69) is 49.4 Å². The topological polar surface area (TPSA) is 108 Å². The third kappa shape index (κ3) is 7.97. The summed E-state index contributed by atoms with van der Waals surface area (Å²) in [6.07, 6.45) is 12.2. The lowest BCUT2D eigenvalue weighted by molar-refractivity contribution is -0.124. The molecule has 2 saturated carbocycles. The van der Waals surface area contributed by atoms with Crippen molar-refractivity contribution in [2.45, 2.75) is 96.2 Å². The summed E-state index contributed by atoms with van der Waals surface area (Å²) in [5, 5.41) is 7.38. The molecular weight excluding hydrogens is 594 g/mol. The van der Waals surface area contributed by atoms with E-state index in [1.807, 2.05) is 34.1 Å². The Hall–Kier alpha value is -3.92. The number of amides is 2. The summed E-state index contributed by atoms with van der Waals surface area (Å²) in [6, 6.07) is 10.9. The normalized spacial score (nSPS) is 23.2. The number of methoxy groups -OCH3 is 1. The van der Waals surface area contributed by atoms with Gasteiger partial charge in [0.05, 0.1) is 32.6 Å². The molecule has 0 unspecified atom stereocenters. The molecule has 10 nitrogen and oxygen atoms in total. The van der Waals surface area contributed by atoms with Gasteiger partial charge in [0, 0.05) is 36.5 Å². The zero-order valence-corrected chi connectivity index (χ0v) is 28.2. The van der Waals surface area contributed by atoms with Crippen molar-refractivity contribution in [3.8, 4) is 16.9 Å². The van der Waals surface area contributed by atoms with Crippen molar-refractivity contribution in [1.29, 1.82) is 0 Å². The lowest BCUT2D eigenvalue weighted by atomic mass is 9.78. The molecule has 3 fully saturated rings. The van der Waals surface area contributed by atoms with Crippen LogP contribution in [0.3, 0.4) is 0 Å². The first-order chi connectivity index (χ1) is 22.8. The molecular formula is C37H49N5O5. The summed E-state index contributed by atoms with van der Waals surface area (Å²) < 4.78 is 18.2. The van der Waals surface area contributed by atoms with Gasteiger partial charge in [-0.25, -0.2) is 9.78 Å². The Morgan fingerprint density at radius 1 is 1.02 bits per heavy atom. The van der Waals surface area contributed by atoms with Crippen molar-refractivity contribution in [1.82, 2.24) is 20.1 Å². The van der Waals surface area contributed by atoms with Gasteiger partial charge in [-0.3, -0.25) is 14.4 Å². The van der Waals surface area contributed by atoms with Crippen LogP contribution < -0.4 is 15.0 Å². The number of nitrogens with zero attached hydrogens (tertiary/aromatic N) is 4.